The largest absolute Gasteiger partial charge is 0.478 e. The van der Waals surface area contributed by atoms with Crippen molar-refractivity contribution in [3.05, 3.63) is 46.4 Å². The van der Waals surface area contributed by atoms with Crippen LogP contribution < -0.4 is 4.72 Å². The minimum absolute atomic E-state index is 0.0301. The van der Waals surface area contributed by atoms with Crippen LogP contribution in [-0.4, -0.2) is 24.5 Å². The molecule has 0 aliphatic carbocycles. The molecule has 0 aliphatic rings. The number of rotatable bonds is 6. The SMILES string of the molecule is CCC(NS(=O)(=O)c1ccc(C(=O)O)cc1)c1nccs1. The molecule has 0 saturated carbocycles. The molecule has 0 bridgehead atoms. The molecular weight excluding hydrogens is 312 g/mol. The molecule has 21 heavy (non-hydrogen) atoms. The average Bonchev–Trinajstić information content (AvgIpc) is 2.99. The minimum Gasteiger partial charge on any atom is -0.478 e. The molecule has 0 amide bonds. The summed E-state index contributed by atoms with van der Waals surface area (Å²) >= 11 is 1.38. The second kappa shape index (κ2) is 6.33. The monoisotopic (exact) mass is 326 g/mol. The molecule has 112 valence electrons. The third-order valence-corrected chi connectivity index (χ3v) is 5.24. The van der Waals surface area contributed by atoms with Crippen LogP contribution in [0.3, 0.4) is 0 Å². The topological polar surface area (TPSA) is 96.4 Å². The number of carboxylic acids is 1. The summed E-state index contributed by atoms with van der Waals surface area (Å²) in [7, 11) is -3.72. The summed E-state index contributed by atoms with van der Waals surface area (Å²) in [5.74, 6) is -1.10. The molecule has 1 unspecified atom stereocenters. The zero-order chi connectivity index (χ0) is 15.5. The van der Waals surface area contributed by atoms with Gasteiger partial charge in [0.05, 0.1) is 16.5 Å². The Morgan fingerprint density at radius 1 is 1.38 bits per heavy atom. The lowest BCUT2D eigenvalue weighted by molar-refractivity contribution is 0.0696. The van der Waals surface area contributed by atoms with E-state index in [1.54, 1.807) is 11.6 Å². The first-order chi connectivity index (χ1) is 9.94. The molecule has 0 saturated heterocycles. The van der Waals surface area contributed by atoms with E-state index in [9.17, 15) is 13.2 Å². The Balaban J connectivity index is 2.23. The van der Waals surface area contributed by atoms with Gasteiger partial charge in [-0.2, -0.15) is 0 Å². The van der Waals surface area contributed by atoms with Gasteiger partial charge in [0.15, 0.2) is 0 Å². The van der Waals surface area contributed by atoms with Gasteiger partial charge in [-0.3, -0.25) is 0 Å². The minimum atomic E-state index is -3.72. The highest BCUT2D eigenvalue weighted by molar-refractivity contribution is 7.89. The van der Waals surface area contributed by atoms with Crippen LogP contribution in [0.5, 0.6) is 0 Å². The lowest BCUT2D eigenvalue weighted by atomic mass is 10.2. The second-order valence-corrected chi connectivity index (χ2v) is 6.92. The molecule has 2 N–H and O–H groups in total. The predicted octanol–water partition coefficient (Wildman–Crippen LogP) is 2.27. The maximum absolute atomic E-state index is 12.3. The fourth-order valence-corrected chi connectivity index (χ4v) is 3.88. The Kier molecular flexibility index (Phi) is 4.71. The molecule has 0 aliphatic heterocycles. The first-order valence-electron chi connectivity index (χ1n) is 6.19. The highest BCUT2D eigenvalue weighted by Crippen LogP contribution is 2.22. The lowest BCUT2D eigenvalue weighted by Gasteiger charge is -2.14. The van der Waals surface area contributed by atoms with Crippen molar-refractivity contribution in [1.82, 2.24) is 9.71 Å². The summed E-state index contributed by atoms with van der Waals surface area (Å²) in [6, 6.07) is 4.69. The first kappa shape index (κ1) is 15.6. The third kappa shape index (κ3) is 3.66. The van der Waals surface area contributed by atoms with Crippen LogP contribution >= 0.6 is 11.3 Å². The van der Waals surface area contributed by atoms with E-state index in [0.29, 0.717) is 11.4 Å². The number of hydrogen-bond donors (Lipinski definition) is 2. The Hall–Kier alpha value is -1.77. The molecule has 2 rings (SSSR count). The summed E-state index contributed by atoms with van der Waals surface area (Å²) in [5.41, 5.74) is 0.0425. The van der Waals surface area contributed by atoms with Gasteiger partial charge in [0.2, 0.25) is 10.0 Å². The predicted molar refractivity (Wildman–Crippen MR) is 78.9 cm³/mol. The maximum atomic E-state index is 12.3. The van der Waals surface area contributed by atoms with Crippen LogP contribution in [0, 0.1) is 0 Å². The van der Waals surface area contributed by atoms with E-state index >= 15 is 0 Å². The lowest BCUT2D eigenvalue weighted by Crippen LogP contribution is -2.28. The van der Waals surface area contributed by atoms with E-state index in [4.69, 9.17) is 5.11 Å². The van der Waals surface area contributed by atoms with Crippen molar-refractivity contribution in [3.63, 3.8) is 0 Å². The van der Waals surface area contributed by atoms with Gasteiger partial charge in [-0.05, 0) is 30.7 Å². The fraction of sp³-hybridized carbons (Fsp3) is 0.231. The average molecular weight is 326 g/mol. The Morgan fingerprint density at radius 3 is 2.52 bits per heavy atom. The molecule has 0 fully saturated rings. The van der Waals surface area contributed by atoms with E-state index in [2.05, 4.69) is 9.71 Å². The highest BCUT2D eigenvalue weighted by Gasteiger charge is 2.22. The van der Waals surface area contributed by atoms with Crippen molar-refractivity contribution >= 4 is 27.3 Å². The van der Waals surface area contributed by atoms with Crippen molar-refractivity contribution in [2.75, 3.05) is 0 Å². The normalized spacial score (nSPS) is 13.0. The Labute approximate surface area is 126 Å². The van der Waals surface area contributed by atoms with E-state index in [0.717, 1.165) is 0 Å². The van der Waals surface area contributed by atoms with E-state index in [-0.39, 0.29) is 10.5 Å². The fourth-order valence-electron chi connectivity index (χ4n) is 1.75. The number of benzene rings is 1. The van der Waals surface area contributed by atoms with Crippen LogP contribution in [0.25, 0.3) is 0 Å². The third-order valence-electron chi connectivity index (χ3n) is 2.87. The van der Waals surface area contributed by atoms with Crippen molar-refractivity contribution in [2.24, 2.45) is 0 Å². The van der Waals surface area contributed by atoms with E-state index < -0.39 is 22.0 Å². The summed E-state index contributed by atoms with van der Waals surface area (Å²) < 4.78 is 27.2. The molecule has 1 aromatic carbocycles. The van der Waals surface area contributed by atoms with Crippen molar-refractivity contribution < 1.29 is 18.3 Å². The summed E-state index contributed by atoms with van der Waals surface area (Å²) in [6.07, 6.45) is 2.19. The quantitative estimate of drug-likeness (QED) is 0.849. The number of hydrogen-bond acceptors (Lipinski definition) is 5. The summed E-state index contributed by atoms with van der Waals surface area (Å²) in [5, 5.41) is 11.3. The molecule has 1 aromatic heterocycles. The number of carboxylic acid groups (broad SMARTS) is 1. The van der Waals surface area contributed by atoms with Crippen molar-refractivity contribution in [3.8, 4) is 0 Å². The zero-order valence-corrected chi connectivity index (χ0v) is 12.8. The number of sulfonamides is 1. The van der Waals surface area contributed by atoms with Gasteiger partial charge < -0.3 is 5.11 Å². The Morgan fingerprint density at radius 2 is 2.05 bits per heavy atom. The number of aromatic carboxylic acids is 1. The molecule has 0 spiro atoms. The van der Waals surface area contributed by atoms with E-state index in [1.165, 1.54) is 35.6 Å². The molecule has 2 aromatic rings. The van der Waals surface area contributed by atoms with Gasteiger partial charge in [-0.1, -0.05) is 6.92 Å². The number of thiazole rings is 1. The summed E-state index contributed by atoms with van der Waals surface area (Å²) in [4.78, 5) is 14.9. The van der Waals surface area contributed by atoms with Crippen LogP contribution in [0.1, 0.15) is 34.8 Å². The number of carbonyl (C=O) groups is 1. The molecule has 1 atom stereocenters. The summed E-state index contributed by atoms with van der Waals surface area (Å²) in [6.45, 7) is 1.86. The number of nitrogens with one attached hydrogen (secondary N) is 1. The van der Waals surface area contributed by atoms with Gasteiger partial charge in [0, 0.05) is 11.6 Å². The molecular formula is C13H14N2O4S2. The van der Waals surface area contributed by atoms with Gasteiger partial charge in [0.1, 0.15) is 5.01 Å². The van der Waals surface area contributed by atoms with Crippen LogP contribution in [0.2, 0.25) is 0 Å². The number of aromatic nitrogens is 1. The number of nitrogens with zero attached hydrogens (tertiary/aromatic N) is 1. The van der Waals surface area contributed by atoms with Crippen LogP contribution in [0.15, 0.2) is 40.7 Å². The molecule has 8 heteroatoms. The molecule has 1 heterocycles. The van der Waals surface area contributed by atoms with Gasteiger partial charge in [-0.25, -0.2) is 22.9 Å². The maximum Gasteiger partial charge on any atom is 0.335 e. The smallest absolute Gasteiger partial charge is 0.335 e. The van der Waals surface area contributed by atoms with Gasteiger partial charge in [0.25, 0.3) is 0 Å². The second-order valence-electron chi connectivity index (χ2n) is 4.28. The molecule has 0 radical (unpaired) electrons. The Bertz CT molecular complexity index is 709. The van der Waals surface area contributed by atoms with Crippen LogP contribution in [-0.2, 0) is 10.0 Å². The van der Waals surface area contributed by atoms with Crippen LogP contribution in [0.4, 0.5) is 0 Å². The standard InChI is InChI=1S/C13H14N2O4S2/c1-2-11(12-14-7-8-20-12)15-21(18,19)10-5-3-9(4-6-10)13(16)17/h3-8,11,15H,2H2,1H3,(H,16,17). The van der Waals surface area contributed by atoms with Crippen molar-refractivity contribution in [1.29, 1.82) is 0 Å². The first-order valence-corrected chi connectivity index (χ1v) is 8.55. The van der Waals surface area contributed by atoms with Crippen molar-refractivity contribution in [2.45, 2.75) is 24.3 Å². The van der Waals surface area contributed by atoms with Gasteiger partial charge in [-0.15, -0.1) is 11.3 Å². The zero-order valence-electron chi connectivity index (χ0n) is 11.2. The van der Waals surface area contributed by atoms with Gasteiger partial charge >= 0.3 is 5.97 Å². The molecule has 6 nitrogen and oxygen atoms in total. The highest BCUT2D eigenvalue weighted by atomic mass is 32.2. The van der Waals surface area contributed by atoms with E-state index in [1.807, 2.05) is 6.92 Å².